The van der Waals surface area contributed by atoms with Crippen molar-refractivity contribution in [1.29, 1.82) is 0 Å². The maximum absolute atomic E-state index is 13.5. The third kappa shape index (κ3) is 3.71. The Labute approximate surface area is 196 Å². The standard InChI is InChI=1S/C27H32N2O3S/c1-18-2-6-25(7-3-18)33(31,32)29-9-8-22-4-5-24(13-23(22)17-29)28-26(30)27-14-19-10-20(15-27)12-21(11-19)16-27/h2-7,13,19-21H,8-12,14-17H2,1H3,(H,28,30). The first kappa shape index (κ1) is 21.4. The highest BCUT2D eigenvalue weighted by atomic mass is 32.2. The molecule has 0 unspecified atom stereocenters. The van der Waals surface area contributed by atoms with Gasteiger partial charge < -0.3 is 5.32 Å². The number of hydrogen-bond donors (Lipinski definition) is 1. The van der Waals surface area contributed by atoms with Crippen LogP contribution in [0.4, 0.5) is 5.69 Å². The van der Waals surface area contributed by atoms with Crippen LogP contribution in [-0.4, -0.2) is 25.2 Å². The van der Waals surface area contributed by atoms with Crippen LogP contribution in [0.25, 0.3) is 0 Å². The van der Waals surface area contributed by atoms with Gasteiger partial charge in [0.15, 0.2) is 0 Å². The Morgan fingerprint density at radius 1 is 0.939 bits per heavy atom. The van der Waals surface area contributed by atoms with E-state index in [9.17, 15) is 13.2 Å². The molecule has 5 nitrogen and oxygen atoms in total. The van der Waals surface area contributed by atoms with Crippen LogP contribution in [0.1, 0.15) is 55.2 Å². The van der Waals surface area contributed by atoms with Gasteiger partial charge in [-0.25, -0.2) is 8.42 Å². The number of carbonyl (C=O) groups excluding carboxylic acids is 1. The van der Waals surface area contributed by atoms with Crippen LogP contribution in [0, 0.1) is 30.1 Å². The number of fused-ring (bicyclic) bond motifs is 1. The summed E-state index contributed by atoms with van der Waals surface area (Å²) in [6, 6.07) is 13.1. The van der Waals surface area contributed by atoms with Crippen LogP contribution < -0.4 is 5.32 Å². The van der Waals surface area contributed by atoms with E-state index in [1.165, 1.54) is 19.3 Å². The molecule has 1 aliphatic heterocycles. The quantitative estimate of drug-likeness (QED) is 0.700. The molecule has 5 aliphatic rings. The van der Waals surface area contributed by atoms with Crippen molar-refractivity contribution in [3.63, 3.8) is 0 Å². The second kappa shape index (κ2) is 7.67. The van der Waals surface area contributed by atoms with E-state index in [1.54, 1.807) is 16.4 Å². The summed E-state index contributed by atoms with van der Waals surface area (Å²) in [6.07, 6.45) is 7.75. The molecule has 0 atom stereocenters. The SMILES string of the molecule is Cc1ccc(S(=O)(=O)N2CCc3ccc(NC(=O)C45CC6CC(CC(C6)C4)C5)cc3C2)cc1. The summed E-state index contributed by atoms with van der Waals surface area (Å²) in [6.45, 7) is 2.77. The average Bonchev–Trinajstić information content (AvgIpc) is 2.78. The van der Waals surface area contributed by atoms with Gasteiger partial charge in [-0.15, -0.1) is 0 Å². The Morgan fingerprint density at radius 2 is 1.58 bits per heavy atom. The van der Waals surface area contributed by atoms with E-state index < -0.39 is 10.0 Å². The van der Waals surface area contributed by atoms with E-state index in [1.807, 2.05) is 31.2 Å². The minimum absolute atomic E-state index is 0.182. The highest BCUT2D eigenvalue weighted by Gasteiger charge is 2.54. The van der Waals surface area contributed by atoms with Crippen LogP contribution in [0.15, 0.2) is 47.4 Å². The van der Waals surface area contributed by atoms with Crippen LogP contribution in [0.2, 0.25) is 0 Å². The molecule has 1 N–H and O–H groups in total. The lowest BCUT2D eigenvalue weighted by atomic mass is 9.49. The fraction of sp³-hybridized carbons (Fsp3) is 0.519. The predicted octanol–water partition coefficient (Wildman–Crippen LogP) is 4.90. The molecule has 4 fully saturated rings. The molecule has 0 spiro atoms. The molecule has 1 heterocycles. The van der Waals surface area contributed by atoms with Crippen molar-refractivity contribution in [2.75, 3.05) is 11.9 Å². The number of hydrogen-bond acceptors (Lipinski definition) is 3. The number of anilines is 1. The molecule has 4 saturated carbocycles. The molecule has 7 rings (SSSR count). The maximum Gasteiger partial charge on any atom is 0.243 e. The number of nitrogens with one attached hydrogen (secondary N) is 1. The van der Waals surface area contributed by atoms with Crippen LogP contribution in [0.3, 0.4) is 0 Å². The van der Waals surface area contributed by atoms with E-state index in [2.05, 4.69) is 11.4 Å². The summed E-state index contributed by atoms with van der Waals surface area (Å²) >= 11 is 0. The third-order valence-corrected chi connectivity index (χ3v) is 10.5. The fourth-order valence-corrected chi connectivity index (χ4v) is 8.74. The highest BCUT2D eigenvalue weighted by Crippen LogP contribution is 2.60. The Balaban J connectivity index is 1.21. The summed E-state index contributed by atoms with van der Waals surface area (Å²) in [7, 11) is -3.54. The summed E-state index contributed by atoms with van der Waals surface area (Å²) in [5.41, 5.74) is 3.80. The topological polar surface area (TPSA) is 66.5 Å². The number of nitrogens with zero attached hydrogens (tertiary/aromatic N) is 1. The minimum Gasteiger partial charge on any atom is -0.326 e. The number of sulfonamides is 1. The molecule has 0 radical (unpaired) electrons. The van der Waals surface area contributed by atoms with E-state index in [-0.39, 0.29) is 11.3 Å². The smallest absolute Gasteiger partial charge is 0.243 e. The lowest BCUT2D eigenvalue weighted by Crippen LogP contribution is -2.51. The number of rotatable bonds is 4. The molecule has 0 saturated heterocycles. The maximum atomic E-state index is 13.5. The van der Waals surface area contributed by atoms with Crippen LogP contribution >= 0.6 is 0 Å². The van der Waals surface area contributed by atoms with Crippen molar-refractivity contribution < 1.29 is 13.2 Å². The molecule has 33 heavy (non-hydrogen) atoms. The second-order valence-corrected chi connectivity index (χ2v) is 13.0. The van der Waals surface area contributed by atoms with E-state index in [4.69, 9.17) is 0 Å². The van der Waals surface area contributed by atoms with Gasteiger partial charge in [0.05, 0.1) is 10.3 Å². The van der Waals surface area contributed by atoms with E-state index in [0.717, 1.165) is 59.4 Å². The third-order valence-electron chi connectivity index (χ3n) is 8.62. The number of benzene rings is 2. The van der Waals surface area contributed by atoms with Gasteiger partial charge in [-0.1, -0.05) is 23.8 Å². The molecule has 0 aromatic heterocycles. The molecule has 4 aliphatic carbocycles. The van der Waals surface area contributed by atoms with Crippen molar-refractivity contribution in [3.8, 4) is 0 Å². The lowest BCUT2D eigenvalue weighted by molar-refractivity contribution is -0.140. The molecule has 174 valence electrons. The number of carbonyl (C=O) groups is 1. The molecular weight excluding hydrogens is 432 g/mol. The Morgan fingerprint density at radius 3 is 2.21 bits per heavy atom. The average molecular weight is 465 g/mol. The van der Waals surface area contributed by atoms with Crippen molar-refractivity contribution >= 4 is 21.6 Å². The molecule has 4 bridgehead atoms. The van der Waals surface area contributed by atoms with Crippen molar-refractivity contribution in [2.45, 2.75) is 63.3 Å². The molecule has 1 amide bonds. The first-order valence-electron chi connectivity index (χ1n) is 12.3. The molecule has 2 aromatic carbocycles. The van der Waals surface area contributed by atoms with E-state index >= 15 is 0 Å². The van der Waals surface area contributed by atoms with Gasteiger partial charge >= 0.3 is 0 Å². The first-order chi connectivity index (χ1) is 15.8. The normalized spacial score (nSPS) is 30.8. The monoisotopic (exact) mass is 464 g/mol. The predicted molar refractivity (Wildman–Crippen MR) is 128 cm³/mol. The van der Waals surface area contributed by atoms with Crippen molar-refractivity contribution in [1.82, 2.24) is 4.31 Å². The Bertz CT molecular complexity index is 1170. The Hall–Kier alpha value is -2.18. The summed E-state index contributed by atoms with van der Waals surface area (Å²) in [5, 5.41) is 3.23. The highest BCUT2D eigenvalue weighted by molar-refractivity contribution is 7.89. The molecule has 2 aromatic rings. The largest absolute Gasteiger partial charge is 0.326 e. The molecular formula is C27H32N2O3S. The lowest BCUT2D eigenvalue weighted by Gasteiger charge is -2.55. The number of aryl methyl sites for hydroxylation is 1. The van der Waals surface area contributed by atoms with Gasteiger partial charge in [-0.2, -0.15) is 4.31 Å². The summed E-state index contributed by atoms with van der Waals surface area (Å²) in [4.78, 5) is 13.8. The number of amides is 1. The van der Waals surface area contributed by atoms with Crippen LogP contribution in [-0.2, 0) is 27.8 Å². The van der Waals surface area contributed by atoms with Crippen molar-refractivity contribution in [2.24, 2.45) is 23.2 Å². The summed E-state index contributed by atoms with van der Waals surface area (Å²) in [5.74, 6) is 2.37. The van der Waals surface area contributed by atoms with Gasteiger partial charge in [0.25, 0.3) is 0 Å². The van der Waals surface area contributed by atoms with Crippen LogP contribution in [0.5, 0.6) is 0 Å². The Kier molecular flexibility index (Phi) is 4.97. The summed E-state index contributed by atoms with van der Waals surface area (Å²) < 4.78 is 27.9. The van der Waals surface area contributed by atoms with Crippen molar-refractivity contribution in [3.05, 3.63) is 59.2 Å². The first-order valence-corrected chi connectivity index (χ1v) is 13.7. The van der Waals surface area contributed by atoms with E-state index in [0.29, 0.717) is 24.4 Å². The zero-order valence-electron chi connectivity index (χ0n) is 19.2. The fourth-order valence-electron chi connectivity index (χ4n) is 7.33. The van der Waals surface area contributed by atoms with Gasteiger partial charge in [0, 0.05) is 18.8 Å². The van der Waals surface area contributed by atoms with Gasteiger partial charge in [0.2, 0.25) is 15.9 Å². The zero-order valence-corrected chi connectivity index (χ0v) is 20.0. The van der Waals surface area contributed by atoms with Gasteiger partial charge in [0.1, 0.15) is 0 Å². The van der Waals surface area contributed by atoms with Gasteiger partial charge in [-0.05, 0) is 105 Å². The second-order valence-electron chi connectivity index (χ2n) is 11.0. The molecule has 6 heteroatoms. The minimum atomic E-state index is -3.54. The zero-order chi connectivity index (χ0) is 22.8. The van der Waals surface area contributed by atoms with Gasteiger partial charge in [-0.3, -0.25) is 4.79 Å².